The van der Waals surface area contributed by atoms with Crippen LogP contribution in [0.5, 0.6) is 0 Å². The van der Waals surface area contributed by atoms with E-state index in [0.29, 0.717) is 35.2 Å². The first-order chi connectivity index (χ1) is 11.7. The lowest BCUT2D eigenvalue weighted by molar-refractivity contribution is 0.0592. The summed E-state index contributed by atoms with van der Waals surface area (Å²) < 4.78 is 21.3. The average Bonchev–Trinajstić information content (AvgIpc) is 3.22. The summed E-state index contributed by atoms with van der Waals surface area (Å²) in [6.45, 7) is 1.18. The summed E-state index contributed by atoms with van der Waals surface area (Å²) in [5.74, 6) is 0.365. The average molecular weight is 348 g/mol. The molecule has 8 heteroatoms. The highest BCUT2D eigenvalue weighted by Crippen LogP contribution is 2.28. The number of fused-ring (bicyclic) bond motifs is 1. The Morgan fingerprint density at radius 3 is 2.88 bits per heavy atom. The van der Waals surface area contributed by atoms with E-state index in [1.165, 1.54) is 0 Å². The van der Waals surface area contributed by atoms with Gasteiger partial charge >= 0.3 is 6.08 Å². The van der Waals surface area contributed by atoms with Gasteiger partial charge in [0.2, 0.25) is 0 Å². The smallest absolute Gasteiger partial charge is 0.312 e. The van der Waals surface area contributed by atoms with Crippen molar-refractivity contribution in [3.63, 3.8) is 0 Å². The number of nitrogens with one attached hydrogen (secondary N) is 1. The summed E-state index contributed by atoms with van der Waals surface area (Å²) in [5.41, 5.74) is 1.97. The van der Waals surface area contributed by atoms with Crippen LogP contribution >= 0.6 is 11.6 Å². The molecule has 124 valence electrons. The van der Waals surface area contributed by atoms with Crippen molar-refractivity contribution < 1.29 is 9.13 Å². The standard InChI is InChI=1S/C16H15ClFN5O/c17-11-5-3-10(4-6-11)8-19-14-13-15(22-16(18)21-14)23(9-20-13)12-2-1-7-24-12/h3-6,9,12H,1-2,7-8H2,(H,19,21,22). The second-order valence-corrected chi connectivity index (χ2v) is 6.05. The summed E-state index contributed by atoms with van der Waals surface area (Å²) >= 11 is 5.88. The van der Waals surface area contributed by atoms with Crippen LogP contribution in [0.2, 0.25) is 5.02 Å². The van der Waals surface area contributed by atoms with E-state index < -0.39 is 6.08 Å². The molecule has 0 radical (unpaired) electrons. The van der Waals surface area contributed by atoms with E-state index in [2.05, 4.69) is 20.3 Å². The quantitative estimate of drug-likeness (QED) is 0.731. The van der Waals surface area contributed by atoms with Gasteiger partial charge in [0.1, 0.15) is 6.23 Å². The molecule has 1 N–H and O–H groups in total. The Hall–Kier alpha value is -2.25. The molecule has 2 aromatic heterocycles. The molecule has 0 saturated carbocycles. The molecular weight excluding hydrogens is 333 g/mol. The Kier molecular flexibility index (Phi) is 4.03. The van der Waals surface area contributed by atoms with Crippen LogP contribution in [-0.4, -0.2) is 26.1 Å². The van der Waals surface area contributed by atoms with Gasteiger partial charge < -0.3 is 10.1 Å². The number of nitrogens with zero attached hydrogens (tertiary/aromatic N) is 4. The molecule has 6 nitrogen and oxygen atoms in total. The third kappa shape index (κ3) is 2.92. The third-order valence-electron chi connectivity index (χ3n) is 3.98. The fourth-order valence-electron chi connectivity index (χ4n) is 2.79. The van der Waals surface area contributed by atoms with Crippen LogP contribution < -0.4 is 5.32 Å². The number of rotatable bonds is 4. The first-order valence-electron chi connectivity index (χ1n) is 7.71. The number of benzene rings is 1. The van der Waals surface area contributed by atoms with Crippen molar-refractivity contribution in [2.24, 2.45) is 0 Å². The maximum absolute atomic E-state index is 13.9. The van der Waals surface area contributed by atoms with Gasteiger partial charge in [-0.1, -0.05) is 23.7 Å². The summed E-state index contributed by atoms with van der Waals surface area (Å²) in [6.07, 6.45) is 2.53. The molecule has 24 heavy (non-hydrogen) atoms. The molecule has 1 aliphatic rings. The monoisotopic (exact) mass is 347 g/mol. The van der Waals surface area contributed by atoms with Gasteiger partial charge in [-0.25, -0.2) is 4.98 Å². The molecule has 1 aromatic carbocycles. The van der Waals surface area contributed by atoms with E-state index in [-0.39, 0.29) is 6.23 Å². The minimum atomic E-state index is -0.791. The predicted octanol–water partition coefficient (Wildman–Crippen LogP) is 3.54. The minimum Gasteiger partial charge on any atom is -0.364 e. The van der Waals surface area contributed by atoms with Crippen LogP contribution in [0, 0.1) is 6.08 Å². The van der Waals surface area contributed by atoms with Crippen LogP contribution in [-0.2, 0) is 11.3 Å². The van der Waals surface area contributed by atoms with Gasteiger partial charge in [-0.3, -0.25) is 4.57 Å². The van der Waals surface area contributed by atoms with Gasteiger partial charge in [-0.2, -0.15) is 14.4 Å². The van der Waals surface area contributed by atoms with Crippen molar-refractivity contribution in [3.8, 4) is 0 Å². The van der Waals surface area contributed by atoms with E-state index in [1.54, 1.807) is 23.0 Å². The molecule has 1 fully saturated rings. The Balaban J connectivity index is 1.63. The van der Waals surface area contributed by atoms with Gasteiger partial charge in [0.25, 0.3) is 0 Å². The number of hydrogen-bond donors (Lipinski definition) is 1. The molecule has 0 bridgehead atoms. The van der Waals surface area contributed by atoms with Crippen LogP contribution in [0.3, 0.4) is 0 Å². The van der Waals surface area contributed by atoms with Crippen LogP contribution in [0.4, 0.5) is 10.2 Å². The Morgan fingerprint density at radius 1 is 1.29 bits per heavy atom. The highest BCUT2D eigenvalue weighted by molar-refractivity contribution is 6.30. The lowest BCUT2D eigenvalue weighted by Gasteiger charge is -2.12. The van der Waals surface area contributed by atoms with Gasteiger partial charge in [0, 0.05) is 18.2 Å². The third-order valence-corrected chi connectivity index (χ3v) is 4.24. The maximum Gasteiger partial charge on any atom is 0.312 e. The normalized spacial score (nSPS) is 17.5. The zero-order chi connectivity index (χ0) is 16.5. The summed E-state index contributed by atoms with van der Waals surface area (Å²) in [4.78, 5) is 12.1. The van der Waals surface area contributed by atoms with E-state index >= 15 is 0 Å². The molecule has 1 atom stereocenters. The molecule has 1 aliphatic heterocycles. The molecule has 4 rings (SSSR count). The molecule has 0 spiro atoms. The lowest BCUT2D eigenvalue weighted by atomic mass is 10.2. The van der Waals surface area contributed by atoms with Gasteiger partial charge in [-0.15, -0.1) is 0 Å². The summed E-state index contributed by atoms with van der Waals surface area (Å²) in [5, 5.41) is 3.79. The predicted molar refractivity (Wildman–Crippen MR) is 88.3 cm³/mol. The Bertz CT molecular complexity index is 861. The molecule has 1 unspecified atom stereocenters. The first-order valence-corrected chi connectivity index (χ1v) is 8.08. The van der Waals surface area contributed by atoms with Crippen molar-refractivity contribution in [3.05, 3.63) is 47.3 Å². The van der Waals surface area contributed by atoms with Crippen molar-refractivity contribution in [2.45, 2.75) is 25.6 Å². The number of hydrogen-bond acceptors (Lipinski definition) is 5. The molecule has 0 aliphatic carbocycles. The first kappa shape index (κ1) is 15.3. The number of halogens is 2. The van der Waals surface area contributed by atoms with Crippen molar-refractivity contribution in [1.82, 2.24) is 19.5 Å². The number of imidazole rings is 1. The van der Waals surface area contributed by atoms with E-state index in [0.717, 1.165) is 18.4 Å². The Morgan fingerprint density at radius 2 is 2.12 bits per heavy atom. The molecular formula is C16H15ClFN5O. The van der Waals surface area contributed by atoms with Crippen molar-refractivity contribution in [1.29, 1.82) is 0 Å². The Labute approximate surface area is 142 Å². The zero-order valence-corrected chi connectivity index (χ0v) is 13.5. The van der Waals surface area contributed by atoms with Crippen LogP contribution in [0.25, 0.3) is 11.2 Å². The highest BCUT2D eigenvalue weighted by atomic mass is 35.5. The minimum absolute atomic E-state index is 0.145. The van der Waals surface area contributed by atoms with E-state index in [9.17, 15) is 4.39 Å². The summed E-state index contributed by atoms with van der Waals surface area (Å²) in [6, 6.07) is 7.41. The highest BCUT2D eigenvalue weighted by Gasteiger charge is 2.22. The molecule has 3 aromatic rings. The van der Waals surface area contributed by atoms with E-state index in [4.69, 9.17) is 16.3 Å². The van der Waals surface area contributed by atoms with Crippen molar-refractivity contribution >= 4 is 28.6 Å². The zero-order valence-electron chi connectivity index (χ0n) is 12.7. The SMILES string of the molecule is Fc1nc(NCc2ccc(Cl)cc2)c2ncn(C3CCCO3)c2n1. The number of anilines is 1. The lowest BCUT2D eigenvalue weighted by Crippen LogP contribution is -2.09. The largest absolute Gasteiger partial charge is 0.364 e. The second-order valence-electron chi connectivity index (χ2n) is 5.61. The fourth-order valence-corrected chi connectivity index (χ4v) is 2.92. The van der Waals surface area contributed by atoms with Gasteiger partial charge in [0.15, 0.2) is 17.0 Å². The number of ether oxygens (including phenoxy) is 1. The molecule has 1 saturated heterocycles. The van der Waals surface area contributed by atoms with Gasteiger partial charge in [-0.05, 0) is 30.5 Å². The topological polar surface area (TPSA) is 64.9 Å². The van der Waals surface area contributed by atoms with Crippen LogP contribution in [0.15, 0.2) is 30.6 Å². The maximum atomic E-state index is 13.9. The van der Waals surface area contributed by atoms with Crippen molar-refractivity contribution in [2.75, 3.05) is 11.9 Å². The molecule has 0 amide bonds. The second kappa shape index (κ2) is 6.33. The number of aromatic nitrogens is 4. The molecule has 3 heterocycles. The fraction of sp³-hybridized carbons (Fsp3) is 0.312. The summed E-state index contributed by atoms with van der Waals surface area (Å²) in [7, 11) is 0. The van der Waals surface area contributed by atoms with E-state index in [1.807, 2.05) is 12.1 Å². The van der Waals surface area contributed by atoms with Crippen LogP contribution in [0.1, 0.15) is 24.6 Å². The van der Waals surface area contributed by atoms with Gasteiger partial charge in [0.05, 0.1) is 6.33 Å².